The summed E-state index contributed by atoms with van der Waals surface area (Å²) in [5.74, 6) is 2.08. The van der Waals surface area contributed by atoms with Crippen LogP contribution in [0.4, 0.5) is 0 Å². The Hall–Kier alpha value is -0.530. The summed E-state index contributed by atoms with van der Waals surface area (Å²) in [5.41, 5.74) is 0.0452. The van der Waals surface area contributed by atoms with Crippen LogP contribution in [0.5, 0.6) is 0 Å². The second-order valence-electron chi connectivity index (χ2n) is 10.7. The van der Waals surface area contributed by atoms with Crippen molar-refractivity contribution in [2.45, 2.75) is 136 Å². The molecule has 0 aliphatic heterocycles. The minimum atomic E-state index is -0.176. The first-order chi connectivity index (χ1) is 14.2. The minimum absolute atomic E-state index is 0.173. The van der Waals surface area contributed by atoms with E-state index >= 15 is 0 Å². The van der Waals surface area contributed by atoms with Gasteiger partial charge in [0.25, 0.3) is 0 Å². The number of esters is 1. The quantitative estimate of drug-likeness (QED) is 0.286. The van der Waals surface area contributed by atoms with E-state index in [1.54, 1.807) is 0 Å². The van der Waals surface area contributed by atoms with Gasteiger partial charge >= 0.3 is 5.97 Å². The minimum Gasteiger partial charge on any atom is -0.466 e. The Morgan fingerprint density at radius 3 is 2.00 bits per heavy atom. The van der Waals surface area contributed by atoms with Crippen molar-refractivity contribution in [3.63, 3.8) is 0 Å². The molecule has 2 nitrogen and oxygen atoms in total. The van der Waals surface area contributed by atoms with Crippen molar-refractivity contribution in [3.8, 4) is 0 Å². The van der Waals surface area contributed by atoms with Crippen LogP contribution in [0, 0.1) is 22.7 Å². The Morgan fingerprint density at radius 2 is 1.38 bits per heavy atom. The average molecular weight is 405 g/mol. The lowest BCUT2D eigenvalue weighted by Gasteiger charge is -2.55. The highest BCUT2D eigenvalue weighted by molar-refractivity contribution is 5.78. The molecule has 0 aromatic rings. The first kappa shape index (κ1) is 23.1. The highest BCUT2D eigenvalue weighted by Gasteiger charge is 2.57. The Morgan fingerprint density at radius 1 is 0.759 bits per heavy atom. The summed E-state index contributed by atoms with van der Waals surface area (Å²) >= 11 is 0. The summed E-state index contributed by atoms with van der Waals surface area (Å²) in [7, 11) is 0. The molecule has 29 heavy (non-hydrogen) atoms. The van der Waals surface area contributed by atoms with Crippen LogP contribution in [0.25, 0.3) is 0 Å². The van der Waals surface area contributed by atoms with E-state index in [4.69, 9.17) is 4.74 Å². The number of hydrogen-bond donors (Lipinski definition) is 0. The van der Waals surface area contributed by atoms with Gasteiger partial charge in [0.15, 0.2) is 0 Å². The van der Waals surface area contributed by atoms with Crippen LogP contribution in [0.3, 0.4) is 0 Å². The van der Waals surface area contributed by atoms with Gasteiger partial charge in [-0.1, -0.05) is 84.0 Å². The molecule has 0 amide bonds. The fourth-order valence-corrected chi connectivity index (χ4v) is 7.50. The molecule has 0 unspecified atom stereocenters. The van der Waals surface area contributed by atoms with Gasteiger partial charge in [0, 0.05) is 0 Å². The van der Waals surface area contributed by atoms with E-state index in [-0.39, 0.29) is 16.8 Å². The van der Waals surface area contributed by atoms with E-state index in [9.17, 15) is 4.79 Å². The third-order valence-corrected chi connectivity index (χ3v) is 9.20. The molecule has 0 aromatic heterocycles. The van der Waals surface area contributed by atoms with Crippen molar-refractivity contribution in [1.29, 1.82) is 0 Å². The standard InChI is InChI=1S/C27H48O2/c1-3-5-6-11-18-26(27(25(28)29-4-2)19-12-8-13-20-27)21-16-24(17-22-26)23-14-9-7-10-15-23/h23-24H,3-22H2,1-2H3/t24-,26+. The van der Waals surface area contributed by atoms with Gasteiger partial charge in [0.2, 0.25) is 0 Å². The molecule has 0 spiro atoms. The van der Waals surface area contributed by atoms with Gasteiger partial charge in [-0.3, -0.25) is 4.79 Å². The molecule has 0 N–H and O–H groups in total. The van der Waals surface area contributed by atoms with Gasteiger partial charge in [-0.25, -0.2) is 0 Å². The lowest BCUT2D eigenvalue weighted by Crippen LogP contribution is -2.52. The van der Waals surface area contributed by atoms with Crippen LogP contribution in [0.1, 0.15) is 136 Å². The van der Waals surface area contributed by atoms with Gasteiger partial charge in [-0.2, -0.15) is 0 Å². The van der Waals surface area contributed by atoms with Gasteiger partial charge in [0.05, 0.1) is 12.0 Å². The Balaban J connectivity index is 1.77. The lowest BCUT2D eigenvalue weighted by atomic mass is 9.49. The van der Waals surface area contributed by atoms with Crippen LogP contribution in [-0.2, 0) is 9.53 Å². The molecule has 0 saturated heterocycles. The van der Waals surface area contributed by atoms with Crippen LogP contribution in [0.15, 0.2) is 0 Å². The molecular formula is C27H48O2. The van der Waals surface area contributed by atoms with Crippen LogP contribution in [0.2, 0.25) is 0 Å². The fourth-order valence-electron chi connectivity index (χ4n) is 7.50. The molecule has 3 rings (SSSR count). The SMILES string of the molecule is CCCCCC[C@]1(C2(C(=O)OCC)CCCCC2)CC[C@@H](C2CCCCC2)CC1. The van der Waals surface area contributed by atoms with E-state index in [2.05, 4.69) is 6.92 Å². The maximum Gasteiger partial charge on any atom is 0.312 e. The van der Waals surface area contributed by atoms with Crippen LogP contribution >= 0.6 is 0 Å². The normalized spacial score (nSPS) is 30.8. The first-order valence-electron chi connectivity index (χ1n) is 13.3. The van der Waals surface area contributed by atoms with Gasteiger partial charge < -0.3 is 4.74 Å². The lowest BCUT2D eigenvalue weighted by molar-refractivity contribution is -0.174. The van der Waals surface area contributed by atoms with E-state index in [1.165, 1.54) is 109 Å². The number of hydrogen-bond acceptors (Lipinski definition) is 2. The number of ether oxygens (including phenoxy) is 1. The fraction of sp³-hybridized carbons (Fsp3) is 0.963. The summed E-state index contributed by atoms with van der Waals surface area (Å²) in [4.78, 5) is 13.5. The largest absolute Gasteiger partial charge is 0.466 e. The molecule has 3 fully saturated rings. The Bertz CT molecular complexity index is 477. The monoisotopic (exact) mass is 404 g/mol. The van der Waals surface area contributed by atoms with E-state index in [0.29, 0.717) is 6.61 Å². The van der Waals surface area contributed by atoms with Crippen molar-refractivity contribution in [2.24, 2.45) is 22.7 Å². The number of carbonyl (C=O) groups excluding carboxylic acids is 1. The molecular weight excluding hydrogens is 356 g/mol. The zero-order chi connectivity index (χ0) is 20.6. The molecule has 2 heteroatoms. The van der Waals surface area contributed by atoms with Crippen molar-refractivity contribution in [2.75, 3.05) is 6.61 Å². The second-order valence-corrected chi connectivity index (χ2v) is 10.7. The van der Waals surface area contributed by atoms with Gasteiger partial charge in [-0.05, 0) is 69.1 Å². The molecule has 0 bridgehead atoms. The van der Waals surface area contributed by atoms with E-state index in [1.807, 2.05) is 6.92 Å². The summed E-state index contributed by atoms with van der Waals surface area (Å²) in [6.45, 7) is 4.83. The van der Waals surface area contributed by atoms with Crippen molar-refractivity contribution in [3.05, 3.63) is 0 Å². The third-order valence-electron chi connectivity index (χ3n) is 9.20. The second kappa shape index (κ2) is 11.2. The maximum absolute atomic E-state index is 13.5. The summed E-state index contributed by atoms with van der Waals surface area (Å²) in [5, 5.41) is 0. The predicted molar refractivity (Wildman–Crippen MR) is 122 cm³/mol. The molecule has 3 saturated carbocycles. The summed E-state index contributed by atoms with van der Waals surface area (Å²) in [6.07, 6.45) is 25.1. The first-order valence-corrected chi connectivity index (χ1v) is 13.3. The number of unbranched alkanes of at least 4 members (excludes halogenated alkanes) is 3. The molecule has 0 heterocycles. The van der Waals surface area contributed by atoms with Crippen molar-refractivity contribution in [1.82, 2.24) is 0 Å². The highest BCUT2D eigenvalue weighted by Crippen LogP contribution is 2.61. The van der Waals surface area contributed by atoms with E-state index < -0.39 is 0 Å². The Kier molecular flexibility index (Phi) is 8.93. The predicted octanol–water partition coefficient (Wildman–Crippen LogP) is 8.23. The maximum atomic E-state index is 13.5. The molecule has 0 aromatic carbocycles. The molecule has 0 atom stereocenters. The molecule has 168 valence electrons. The van der Waals surface area contributed by atoms with Crippen molar-refractivity contribution >= 4 is 5.97 Å². The summed E-state index contributed by atoms with van der Waals surface area (Å²) in [6, 6.07) is 0. The molecule has 3 aliphatic carbocycles. The van der Waals surface area contributed by atoms with Gasteiger partial charge in [0.1, 0.15) is 0 Å². The smallest absolute Gasteiger partial charge is 0.312 e. The topological polar surface area (TPSA) is 26.3 Å². The van der Waals surface area contributed by atoms with Gasteiger partial charge in [-0.15, -0.1) is 0 Å². The zero-order valence-electron chi connectivity index (χ0n) is 19.6. The number of rotatable bonds is 9. The summed E-state index contributed by atoms with van der Waals surface area (Å²) < 4.78 is 5.79. The van der Waals surface area contributed by atoms with Crippen LogP contribution < -0.4 is 0 Å². The van der Waals surface area contributed by atoms with Crippen LogP contribution in [-0.4, -0.2) is 12.6 Å². The van der Waals surface area contributed by atoms with E-state index in [0.717, 1.165) is 24.7 Å². The Labute approximate surface area is 180 Å². The number of carbonyl (C=O) groups is 1. The molecule has 3 aliphatic rings. The van der Waals surface area contributed by atoms with Crippen molar-refractivity contribution < 1.29 is 9.53 Å². The third kappa shape index (κ3) is 5.21. The average Bonchev–Trinajstić information content (AvgIpc) is 2.78. The highest BCUT2D eigenvalue weighted by atomic mass is 16.5. The molecule has 0 radical (unpaired) electrons. The zero-order valence-corrected chi connectivity index (χ0v) is 19.6.